The number of hydrogen-bond donors (Lipinski definition) is 2. The Morgan fingerprint density at radius 3 is 2.78 bits per heavy atom. The first kappa shape index (κ1) is 14.5. The normalized spacial score (nSPS) is 22.6. The molecule has 1 aromatic carbocycles. The molecule has 1 saturated carbocycles. The molecule has 5 nitrogen and oxygen atoms in total. The lowest BCUT2D eigenvalue weighted by Gasteiger charge is -2.28. The Morgan fingerprint density at radius 2 is 1.96 bits per heavy atom. The molecule has 2 N–H and O–H groups in total. The SMILES string of the molecule is O=C(NC1CCCCC1)N1CCC[C@@H]1c1nc2ccccc2[nH]1. The quantitative estimate of drug-likeness (QED) is 0.887. The van der Waals surface area contributed by atoms with Gasteiger partial charge in [0.25, 0.3) is 0 Å². The van der Waals surface area contributed by atoms with Gasteiger partial charge in [-0.2, -0.15) is 0 Å². The molecule has 2 aromatic rings. The monoisotopic (exact) mass is 312 g/mol. The van der Waals surface area contributed by atoms with Gasteiger partial charge in [0.05, 0.1) is 17.1 Å². The van der Waals surface area contributed by atoms with Crippen molar-refractivity contribution in [2.45, 2.75) is 57.0 Å². The molecule has 2 fully saturated rings. The van der Waals surface area contributed by atoms with Crippen LogP contribution in [0.2, 0.25) is 0 Å². The topological polar surface area (TPSA) is 61.0 Å². The number of amides is 2. The number of carbonyl (C=O) groups excluding carboxylic acids is 1. The Labute approximate surface area is 136 Å². The Kier molecular flexibility index (Phi) is 3.93. The zero-order chi connectivity index (χ0) is 15.6. The molecule has 2 heterocycles. The summed E-state index contributed by atoms with van der Waals surface area (Å²) in [5.41, 5.74) is 2.02. The first-order chi connectivity index (χ1) is 11.3. The Hall–Kier alpha value is -2.04. The van der Waals surface area contributed by atoms with Gasteiger partial charge in [-0.15, -0.1) is 0 Å². The highest BCUT2D eigenvalue weighted by Crippen LogP contribution is 2.31. The Bertz CT molecular complexity index is 656. The minimum Gasteiger partial charge on any atom is -0.340 e. The van der Waals surface area contributed by atoms with Crippen molar-refractivity contribution in [3.63, 3.8) is 0 Å². The summed E-state index contributed by atoms with van der Waals surface area (Å²) in [7, 11) is 0. The van der Waals surface area contributed by atoms with Gasteiger partial charge in [0.15, 0.2) is 0 Å². The van der Waals surface area contributed by atoms with Gasteiger partial charge in [0.2, 0.25) is 0 Å². The number of benzene rings is 1. The van der Waals surface area contributed by atoms with Crippen LogP contribution in [0.1, 0.15) is 56.8 Å². The summed E-state index contributed by atoms with van der Waals surface area (Å²) in [4.78, 5) is 22.7. The largest absolute Gasteiger partial charge is 0.340 e. The number of likely N-dealkylation sites (tertiary alicyclic amines) is 1. The van der Waals surface area contributed by atoms with E-state index in [2.05, 4.69) is 10.3 Å². The lowest BCUT2D eigenvalue weighted by Crippen LogP contribution is -2.45. The maximum absolute atomic E-state index is 12.7. The minimum absolute atomic E-state index is 0.0750. The van der Waals surface area contributed by atoms with Crippen LogP contribution in [0, 0.1) is 0 Å². The van der Waals surface area contributed by atoms with Gasteiger partial charge in [-0.05, 0) is 37.8 Å². The molecule has 1 aromatic heterocycles. The summed E-state index contributed by atoms with van der Waals surface area (Å²) in [5, 5.41) is 3.24. The fraction of sp³-hybridized carbons (Fsp3) is 0.556. The zero-order valence-corrected chi connectivity index (χ0v) is 13.4. The minimum atomic E-state index is 0.0750. The number of rotatable bonds is 2. The molecule has 1 atom stereocenters. The highest BCUT2D eigenvalue weighted by molar-refractivity contribution is 5.77. The van der Waals surface area contributed by atoms with Crippen molar-refractivity contribution in [1.82, 2.24) is 20.2 Å². The molecular weight excluding hydrogens is 288 g/mol. The first-order valence-electron chi connectivity index (χ1n) is 8.83. The summed E-state index contributed by atoms with van der Waals surface area (Å²) in [6.07, 6.45) is 8.04. The number of para-hydroxylation sites is 2. The van der Waals surface area contributed by atoms with Crippen LogP contribution >= 0.6 is 0 Å². The Balaban J connectivity index is 1.50. The number of nitrogens with zero attached hydrogens (tertiary/aromatic N) is 2. The lowest BCUT2D eigenvalue weighted by atomic mass is 9.96. The van der Waals surface area contributed by atoms with Crippen LogP contribution in [0.3, 0.4) is 0 Å². The van der Waals surface area contributed by atoms with Gasteiger partial charge in [0, 0.05) is 12.6 Å². The summed E-state index contributed by atoms with van der Waals surface area (Å²) < 4.78 is 0. The lowest BCUT2D eigenvalue weighted by molar-refractivity contribution is 0.183. The number of urea groups is 1. The number of hydrogen-bond acceptors (Lipinski definition) is 2. The summed E-state index contributed by atoms with van der Waals surface area (Å²) >= 11 is 0. The number of nitrogens with one attached hydrogen (secondary N) is 2. The molecule has 1 aliphatic carbocycles. The van der Waals surface area contributed by atoms with Gasteiger partial charge in [0.1, 0.15) is 5.82 Å². The second-order valence-corrected chi connectivity index (χ2v) is 6.78. The second kappa shape index (κ2) is 6.22. The summed E-state index contributed by atoms with van der Waals surface area (Å²) in [5.74, 6) is 0.919. The average molecular weight is 312 g/mol. The van der Waals surface area contributed by atoms with Crippen LogP contribution in [0.4, 0.5) is 4.79 Å². The van der Waals surface area contributed by atoms with Crippen LogP contribution in [0.15, 0.2) is 24.3 Å². The molecule has 5 heteroatoms. The number of fused-ring (bicyclic) bond motifs is 1. The molecule has 1 aliphatic heterocycles. The molecule has 0 bridgehead atoms. The molecule has 2 amide bonds. The predicted molar refractivity (Wildman–Crippen MR) is 90.2 cm³/mol. The fourth-order valence-electron chi connectivity index (χ4n) is 3.93. The van der Waals surface area contributed by atoms with E-state index in [0.717, 1.165) is 49.1 Å². The summed E-state index contributed by atoms with van der Waals surface area (Å²) in [6, 6.07) is 8.56. The van der Waals surface area contributed by atoms with Crippen molar-refractivity contribution in [2.24, 2.45) is 0 Å². The molecule has 0 radical (unpaired) electrons. The van der Waals surface area contributed by atoms with Gasteiger partial charge in [-0.3, -0.25) is 0 Å². The van der Waals surface area contributed by atoms with Crippen molar-refractivity contribution in [3.05, 3.63) is 30.1 Å². The van der Waals surface area contributed by atoms with Crippen molar-refractivity contribution in [2.75, 3.05) is 6.54 Å². The van der Waals surface area contributed by atoms with E-state index >= 15 is 0 Å². The van der Waals surface area contributed by atoms with E-state index in [4.69, 9.17) is 4.98 Å². The highest BCUT2D eigenvalue weighted by atomic mass is 16.2. The number of H-pyrrole nitrogens is 1. The van der Waals surface area contributed by atoms with Crippen molar-refractivity contribution in [1.29, 1.82) is 0 Å². The highest BCUT2D eigenvalue weighted by Gasteiger charge is 2.33. The third kappa shape index (κ3) is 2.92. The number of aromatic amines is 1. The van der Waals surface area contributed by atoms with E-state index in [0.29, 0.717) is 6.04 Å². The average Bonchev–Trinajstić information content (AvgIpc) is 3.22. The van der Waals surface area contributed by atoms with Gasteiger partial charge in [-0.25, -0.2) is 9.78 Å². The van der Waals surface area contributed by atoms with Crippen LogP contribution in [0.25, 0.3) is 11.0 Å². The van der Waals surface area contributed by atoms with Crippen LogP contribution < -0.4 is 5.32 Å². The van der Waals surface area contributed by atoms with Crippen LogP contribution in [0.5, 0.6) is 0 Å². The predicted octanol–water partition coefficient (Wildman–Crippen LogP) is 3.74. The molecular formula is C18H24N4O. The number of carbonyl (C=O) groups is 1. The van der Waals surface area contributed by atoms with E-state index in [1.54, 1.807) is 0 Å². The number of imidazole rings is 1. The molecule has 23 heavy (non-hydrogen) atoms. The van der Waals surface area contributed by atoms with Crippen molar-refractivity contribution in [3.8, 4) is 0 Å². The zero-order valence-electron chi connectivity index (χ0n) is 13.4. The maximum atomic E-state index is 12.7. The van der Waals surface area contributed by atoms with E-state index in [9.17, 15) is 4.79 Å². The summed E-state index contributed by atoms with van der Waals surface area (Å²) in [6.45, 7) is 0.820. The molecule has 122 valence electrons. The first-order valence-corrected chi connectivity index (χ1v) is 8.83. The fourth-order valence-corrected chi connectivity index (χ4v) is 3.93. The maximum Gasteiger partial charge on any atom is 0.318 e. The molecule has 4 rings (SSSR count). The number of aromatic nitrogens is 2. The third-order valence-corrected chi connectivity index (χ3v) is 5.17. The van der Waals surface area contributed by atoms with E-state index < -0.39 is 0 Å². The molecule has 2 aliphatic rings. The smallest absolute Gasteiger partial charge is 0.318 e. The van der Waals surface area contributed by atoms with Crippen molar-refractivity contribution < 1.29 is 4.79 Å². The van der Waals surface area contributed by atoms with Gasteiger partial charge >= 0.3 is 6.03 Å². The van der Waals surface area contributed by atoms with E-state index in [1.807, 2.05) is 29.2 Å². The van der Waals surface area contributed by atoms with Crippen molar-refractivity contribution >= 4 is 17.1 Å². The molecule has 1 saturated heterocycles. The standard InChI is InChI=1S/C18H24N4O/c23-18(19-13-7-2-1-3-8-13)22-12-6-11-16(22)17-20-14-9-4-5-10-15(14)21-17/h4-5,9-10,13,16H,1-3,6-8,11-12H2,(H,19,23)(H,20,21)/t16-/m1/s1. The third-order valence-electron chi connectivity index (χ3n) is 5.17. The molecule has 0 unspecified atom stereocenters. The van der Waals surface area contributed by atoms with E-state index in [-0.39, 0.29) is 12.1 Å². The van der Waals surface area contributed by atoms with Gasteiger partial charge in [-0.1, -0.05) is 31.4 Å². The van der Waals surface area contributed by atoms with Crippen LogP contribution in [-0.4, -0.2) is 33.5 Å². The second-order valence-electron chi connectivity index (χ2n) is 6.78. The Morgan fingerprint density at radius 1 is 1.13 bits per heavy atom. The van der Waals surface area contributed by atoms with E-state index in [1.165, 1.54) is 19.3 Å². The van der Waals surface area contributed by atoms with Gasteiger partial charge < -0.3 is 15.2 Å². The van der Waals surface area contributed by atoms with Crippen LogP contribution in [-0.2, 0) is 0 Å². The molecule has 0 spiro atoms.